The van der Waals surface area contributed by atoms with Gasteiger partial charge in [0, 0.05) is 17.8 Å². The summed E-state index contributed by atoms with van der Waals surface area (Å²) in [6.45, 7) is 4.22. The van der Waals surface area contributed by atoms with Gasteiger partial charge < -0.3 is 15.2 Å². The second kappa shape index (κ2) is 8.15. The molecular formula is C17H19F3N2O3. The maximum atomic E-state index is 10.6. The van der Waals surface area contributed by atoms with Crippen molar-refractivity contribution in [1.82, 2.24) is 10.3 Å². The number of carbonyl (C=O) groups is 1. The predicted molar refractivity (Wildman–Crippen MR) is 86.7 cm³/mol. The number of nitrogens with one attached hydrogen (secondary N) is 1. The molecule has 0 spiro atoms. The number of halogens is 3. The minimum atomic E-state index is -5.08. The van der Waals surface area contributed by atoms with Crippen LogP contribution in [-0.2, 0) is 4.79 Å². The van der Waals surface area contributed by atoms with Gasteiger partial charge in [-0.25, -0.2) is 4.79 Å². The number of carboxylic acids is 1. The molecule has 0 radical (unpaired) electrons. The normalized spacial score (nSPS) is 15.4. The lowest BCUT2D eigenvalue weighted by Crippen LogP contribution is -2.34. The SMILES string of the molecule is Cc1cc(OC2CCNCC2)cc2ccncc12.O=C(O)C(F)(F)F. The van der Waals surface area contributed by atoms with Crippen molar-refractivity contribution >= 4 is 16.7 Å². The lowest BCUT2D eigenvalue weighted by Gasteiger charge is -2.24. The third-order valence-electron chi connectivity index (χ3n) is 3.77. The molecule has 2 aromatic rings. The fourth-order valence-electron chi connectivity index (χ4n) is 2.52. The van der Waals surface area contributed by atoms with E-state index >= 15 is 0 Å². The van der Waals surface area contributed by atoms with Gasteiger partial charge in [-0.2, -0.15) is 13.2 Å². The van der Waals surface area contributed by atoms with Crippen LogP contribution >= 0.6 is 0 Å². The zero-order valence-corrected chi connectivity index (χ0v) is 13.6. The van der Waals surface area contributed by atoms with Crippen LogP contribution in [0, 0.1) is 6.92 Å². The number of aryl methyl sites for hydroxylation is 1. The fourth-order valence-corrected chi connectivity index (χ4v) is 2.52. The Kier molecular flexibility index (Phi) is 6.19. The van der Waals surface area contributed by atoms with E-state index in [1.165, 1.54) is 16.3 Å². The molecule has 1 saturated heterocycles. The maximum Gasteiger partial charge on any atom is 0.490 e. The zero-order valence-electron chi connectivity index (χ0n) is 13.6. The van der Waals surface area contributed by atoms with Gasteiger partial charge in [-0.05, 0) is 62.0 Å². The van der Waals surface area contributed by atoms with Crippen molar-refractivity contribution in [1.29, 1.82) is 0 Å². The fraction of sp³-hybridized carbons (Fsp3) is 0.412. The highest BCUT2D eigenvalue weighted by Gasteiger charge is 2.38. The van der Waals surface area contributed by atoms with E-state index in [0.717, 1.165) is 31.7 Å². The zero-order chi connectivity index (χ0) is 18.4. The molecule has 0 bridgehead atoms. The van der Waals surface area contributed by atoms with Gasteiger partial charge in [0.15, 0.2) is 0 Å². The highest BCUT2D eigenvalue weighted by molar-refractivity contribution is 5.86. The molecule has 1 aromatic carbocycles. The van der Waals surface area contributed by atoms with E-state index in [1.54, 1.807) is 0 Å². The number of alkyl halides is 3. The number of fused-ring (bicyclic) bond motifs is 1. The summed E-state index contributed by atoms with van der Waals surface area (Å²) < 4.78 is 37.8. The lowest BCUT2D eigenvalue weighted by molar-refractivity contribution is -0.192. The number of rotatable bonds is 2. The maximum absolute atomic E-state index is 10.6. The van der Waals surface area contributed by atoms with Crippen molar-refractivity contribution in [3.05, 3.63) is 36.2 Å². The molecule has 1 fully saturated rings. The minimum absolute atomic E-state index is 0.352. The van der Waals surface area contributed by atoms with Crippen molar-refractivity contribution in [2.24, 2.45) is 0 Å². The Morgan fingerprint density at radius 3 is 2.56 bits per heavy atom. The van der Waals surface area contributed by atoms with Crippen LogP contribution in [0.5, 0.6) is 5.75 Å². The second-order valence-corrected chi connectivity index (χ2v) is 5.71. The summed E-state index contributed by atoms with van der Waals surface area (Å²) in [5, 5.41) is 12.9. The Balaban J connectivity index is 0.000000277. The summed E-state index contributed by atoms with van der Waals surface area (Å²) in [6, 6.07) is 6.27. The molecule has 8 heteroatoms. The first-order valence-electron chi connectivity index (χ1n) is 7.79. The van der Waals surface area contributed by atoms with E-state index in [9.17, 15) is 13.2 Å². The number of pyridine rings is 1. The van der Waals surface area contributed by atoms with Gasteiger partial charge in [0.1, 0.15) is 11.9 Å². The van der Waals surface area contributed by atoms with Crippen LogP contribution in [0.25, 0.3) is 10.8 Å². The van der Waals surface area contributed by atoms with Crippen LogP contribution in [0.1, 0.15) is 18.4 Å². The molecule has 0 saturated carbocycles. The second-order valence-electron chi connectivity index (χ2n) is 5.71. The van der Waals surface area contributed by atoms with Crippen LogP contribution in [0.15, 0.2) is 30.6 Å². The van der Waals surface area contributed by atoms with Gasteiger partial charge in [-0.15, -0.1) is 0 Å². The molecular weight excluding hydrogens is 337 g/mol. The van der Waals surface area contributed by atoms with Crippen LogP contribution < -0.4 is 10.1 Å². The molecule has 2 N–H and O–H groups in total. The summed E-state index contributed by atoms with van der Waals surface area (Å²) in [5.74, 6) is -1.77. The van der Waals surface area contributed by atoms with Crippen LogP contribution in [-0.4, -0.2) is 41.4 Å². The van der Waals surface area contributed by atoms with Gasteiger partial charge in [-0.1, -0.05) is 0 Å². The summed E-state index contributed by atoms with van der Waals surface area (Å²) in [5.41, 5.74) is 1.23. The number of hydrogen-bond acceptors (Lipinski definition) is 4. The average molecular weight is 356 g/mol. The number of benzene rings is 1. The highest BCUT2D eigenvalue weighted by Crippen LogP contribution is 2.26. The topological polar surface area (TPSA) is 71.5 Å². The van der Waals surface area contributed by atoms with Crippen molar-refractivity contribution in [2.75, 3.05) is 13.1 Å². The third kappa shape index (κ3) is 5.60. The number of carboxylic acid groups (broad SMARTS) is 1. The van der Waals surface area contributed by atoms with Gasteiger partial charge in [0.05, 0.1) is 0 Å². The monoisotopic (exact) mass is 356 g/mol. The Labute approximate surface area is 142 Å². The molecule has 3 rings (SSSR count). The van der Waals surface area contributed by atoms with E-state index in [-0.39, 0.29) is 0 Å². The molecule has 1 aliphatic heterocycles. The molecule has 2 heterocycles. The largest absolute Gasteiger partial charge is 0.490 e. The number of aliphatic carboxylic acids is 1. The number of nitrogens with zero attached hydrogens (tertiary/aromatic N) is 1. The lowest BCUT2D eigenvalue weighted by atomic mass is 10.1. The smallest absolute Gasteiger partial charge is 0.490 e. The van der Waals surface area contributed by atoms with Gasteiger partial charge in [-0.3, -0.25) is 4.98 Å². The Morgan fingerprint density at radius 1 is 1.32 bits per heavy atom. The molecule has 0 aliphatic carbocycles. The predicted octanol–water partition coefficient (Wildman–Crippen LogP) is 3.31. The van der Waals surface area contributed by atoms with Crippen molar-refractivity contribution < 1.29 is 27.8 Å². The van der Waals surface area contributed by atoms with Crippen molar-refractivity contribution in [3.63, 3.8) is 0 Å². The van der Waals surface area contributed by atoms with Crippen LogP contribution in [0.2, 0.25) is 0 Å². The van der Waals surface area contributed by atoms with E-state index in [1.807, 2.05) is 18.5 Å². The number of ether oxygens (including phenoxy) is 1. The first kappa shape index (κ1) is 19.0. The number of hydrogen-bond donors (Lipinski definition) is 2. The first-order chi connectivity index (χ1) is 11.8. The quantitative estimate of drug-likeness (QED) is 0.864. The highest BCUT2D eigenvalue weighted by atomic mass is 19.4. The van der Waals surface area contributed by atoms with Crippen LogP contribution in [0.4, 0.5) is 13.2 Å². The van der Waals surface area contributed by atoms with Crippen LogP contribution in [0.3, 0.4) is 0 Å². The summed E-state index contributed by atoms with van der Waals surface area (Å²) in [4.78, 5) is 13.1. The standard InChI is InChI=1S/C15H18N2O.C2HF3O2/c1-11-8-14(18-13-3-6-16-7-4-13)9-12-2-5-17-10-15(11)12;3-2(4,5)1(6)7/h2,5,8-10,13,16H,3-4,6-7H2,1H3;(H,6,7). The molecule has 0 unspecified atom stereocenters. The Hall–Kier alpha value is -2.35. The first-order valence-corrected chi connectivity index (χ1v) is 7.79. The third-order valence-corrected chi connectivity index (χ3v) is 3.77. The minimum Gasteiger partial charge on any atom is -0.490 e. The van der Waals surface area contributed by atoms with E-state index in [2.05, 4.69) is 29.4 Å². The van der Waals surface area contributed by atoms with Gasteiger partial charge in [0.25, 0.3) is 0 Å². The molecule has 25 heavy (non-hydrogen) atoms. The summed E-state index contributed by atoms with van der Waals surface area (Å²) in [6.07, 6.45) is 1.19. The molecule has 0 amide bonds. The van der Waals surface area contributed by atoms with Crippen molar-refractivity contribution in [2.45, 2.75) is 32.0 Å². The van der Waals surface area contributed by atoms with E-state index in [0.29, 0.717) is 6.10 Å². The molecule has 1 aliphatic rings. The Bertz CT molecular complexity index is 729. The summed E-state index contributed by atoms with van der Waals surface area (Å²) >= 11 is 0. The van der Waals surface area contributed by atoms with Crippen molar-refractivity contribution in [3.8, 4) is 5.75 Å². The van der Waals surface area contributed by atoms with Gasteiger partial charge >= 0.3 is 12.1 Å². The van der Waals surface area contributed by atoms with E-state index in [4.69, 9.17) is 14.6 Å². The number of aromatic nitrogens is 1. The number of piperidine rings is 1. The molecule has 136 valence electrons. The molecule has 1 aromatic heterocycles. The molecule has 5 nitrogen and oxygen atoms in total. The van der Waals surface area contributed by atoms with Gasteiger partial charge in [0.2, 0.25) is 0 Å². The van der Waals surface area contributed by atoms with E-state index < -0.39 is 12.1 Å². The molecule has 0 atom stereocenters. The average Bonchev–Trinajstić information content (AvgIpc) is 2.55. The Morgan fingerprint density at radius 2 is 1.96 bits per heavy atom. The summed E-state index contributed by atoms with van der Waals surface area (Å²) in [7, 11) is 0.